The summed E-state index contributed by atoms with van der Waals surface area (Å²) in [6, 6.07) is 15.3. The minimum atomic E-state index is -0.374. The van der Waals surface area contributed by atoms with E-state index in [1.807, 2.05) is 47.8 Å². The third-order valence-corrected chi connectivity index (χ3v) is 5.47. The first kappa shape index (κ1) is 15.7. The van der Waals surface area contributed by atoms with Crippen LogP contribution in [0.4, 0.5) is 0 Å². The quantitative estimate of drug-likeness (QED) is 0.337. The number of hydrogen-bond acceptors (Lipinski definition) is 4. The monoisotopic (exact) mass is 461 g/mol. The third-order valence-electron chi connectivity index (χ3n) is 3.57. The highest BCUT2D eigenvalue weighted by atomic mass is 79.9. The standard InChI is InChI=1S/C18H9Br2NO2S/c19-12-3-1-10(2-4-12)15-9-24-17(21-15)14-8-11-7-13(20)5-6-16(11)23-18(14)22/h1-9H. The van der Waals surface area contributed by atoms with Crippen molar-refractivity contribution in [1.82, 2.24) is 4.98 Å². The number of benzene rings is 2. The number of nitrogens with zero attached hydrogens (tertiary/aromatic N) is 1. The summed E-state index contributed by atoms with van der Waals surface area (Å²) < 4.78 is 7.37. The van der Waals surface area contributed by atoms with Gasteiger partial charge in [0, 0.05) is 25.3 Å². The molecule has 4 aromatic rings. The van der Waals surface area contributed by atoms with E-state index in [0.29, 0.717) is 16.2 Å². The van der Waals surface area contributed by atoms with E-state index in [2.05, 4.69) is 36.8 Å². The zero-order valence-electron chi connectivity index (χ0n) is 12.1. The molecule has 0 bridgehead atoms. The molecule has 0 aliphatic carbocycles. The fourth-order valence-electron chi connectivity index (χ4n) is 2.39. The Balaban J connectivity index is 1.81. The molecule has 0 saturated heterocycles. The normalized spacial score (nSPS) is 11.1. The molecule has 6 heteroatoms. The fourth-order valence-corrected chi connectivity index (χ4v) is 3.87. The molecule has 0 saturated carbocycles. The predicted molar refractivity (Wildman–Crippen MR) is 104 cm³/mol. The van der Waals surface area contributed by atoms with Gasteiger partial charge in [-0.05, 0) is 36.4 Å². The van der Waals surface area contributed by atoms with Crippen LogP contribution in [0.25, 0.3) is 32.8 Å². The SMILES string of the molecule is O=c1oc2ccc(Br)cc2cc1-c1nc(-c2ccc(Br)cc2)cs1. The number of fused-ring (bicyclic) bond motifs is 1. The largest absolute Gasteiger partial charge is 0.422 e. The maximum atomic E-state index is 12.3. The summed E-state index contributed by atoms with van der Waals surface area (Å²) in [4.78, 5) is 16.9. The minimum Gasteiger partial charge on any atom is -0.422 e. The van der Waals surface area contributed by atoms with Crippen LogP contribution in [0.3, 0.4) is 0 Å². The molecule has 3 nitrogen and oxygen atoms in total. The van der Waals surface area contributed by atoms with Gasteiger partial charge in [0.2, 0.25) is 0 Å². The first-order chi connectivity index (χ1) is 11.6. The van der Waals surface area contributed by atoms with Gasteiger partial charge in [-0.1, -0.05) is 44.0 Å². The van der Waals surface area contributed by atoms with Gasteiger partial charge in [0.25, 0.3) is 0 Å². The molecule has 0 atom stereocenters. The minimum absolute atomic E-state index is 0.374. The van der Waals surface area contributed by atoms with Gasteiger partial charge in [-0.2, -0.15) is 0 Å². The molecule has 2 heterocycles. The van der Waals surface area contributed by atoms with Gasteiger partial charge in [0.05, 0.1) is 11.3 Å². The lowest BCUT2D eigenvalue weighted by Gasteiger charge is -2.00. The van der Waals surface area contributed by atoms with E-state index in [0.717, 1.165) is 25.6 Å². The summed E-state index contributed by atoms with van der Waals surface area (Å²) in [6.45, 7) is 0. The van der Waals surface area contributed by atoms with Crippen molar-refractivity contribution in [2.45, 2.75) is 0 Å². The molecule has 2 aromatic carbocycles. The Morgan fingerprint density at radius 2 is 1.71 bits per heavy atom. The van der Waals surface area contributed by atoms with Crippen molar-refractivity contribution in [1.29, 1.82) is 0 Å². The molecule has 0 aliphatic heterocycles. The van der Waals surface area contributed by atoms with E-state index in [4.69, 9.17) is 4.42 Å². The van der Waals surface area contributed by atoms with E-state index >= 15 is 0 Å². The molecule has 0 aliphatic rings. The summed E-state index contributed by atoms with van der Waals surface area (Å²) in [5.74, 6) is 0. The Labute approximate surface area is 158 Å². The lowest BCUT2D eigenvalue weighted by atomic mass is 10.2. The highest BCUT2D eigenvalue weighted by Gasteiger charge is 2.13. The van der Waals surface area contributed by atoms with Crippen LogP contribution in [0.1, 0.15) is 0 Å². The Morgan fingerprint density at radius 1 is 0.958 bits per heavy atom. The van der Waals surface area contributed by atoms with Crippen LogP contribution in [-0.2, 0) is 0 Å². The van der Waals surface area contributed by atoms with Crippen molar-refractivity contribution < 1.29 is 4.42 Å². The Hall–Kier alpha value is -1.76. The van der Waals surface area contributed by atoms with E-state index in [1.54, 1.807) is 6.07 Å². The maximum Gasteiger partial charge on any atom is 0.346 e. The van der Waals surface area contributed by atoms with E-state index in [1.165, 1.54) is 11.3 Å². The average molecular weight is 463 g/mol. The molecule has 2 aromatic heterocycles. The summed E-state index contributed by atoms with van der Waals surface area (Å²) in [5.41, 5.74) is 2.52. The Bertz CT molecular complexity index is 1100. The van der Waals surface area contributed by atoms with Gasteiger partial charge >= 0.3 is 5.63 Å². The Kier molecular flexibility index (Phi) is 4.12. The maximum absolute atomic E-state index is 12.3. The number of halogens is 2. The van der Waals surface area contributed by atoms with Crippen molar-refractivity contribution in [3.05, 3.63) is 73.3 Å². The van der Waals surface area contributed by atoms with Gasteiger partial charge in [0.1, 0.15) is 10.6 Å². The zero-order chi connectivity index (χ0) is 16.7. The van der Waals surface area contributed by atoms with Crippen LogP contribution in [-0.4, -0.2) is 4.98 Å². The highest BCUT2D eigenvalue weighted by molar-refractivity contribution is 9.10. The van der Waals surface area contributed by atoms with Crippen LogP contribution < -0.4 is 5.63 Å². The van der Waals surface area contributed by atoms with Gasteiger partial charge in [-0.3, -0.25) is 0 Å². The van der Waals surface area contributed by atoms with Gasteiger partial charge in [0.15, 0.2) is 0 Å². The second-order valence-electron chi connectivity index (χ2n) is 5.17. The lowest BCUT2D eigenvalue weighted by molar-refractivity contribution is 0.563. The van der Waals surface area contributed by atoms with Crippen molar-refractivity contribution in [2.75, 3.05) is 0 Å². The first-order valence-corrected chi connectivity index (χ1v) is 9.52. The van der Waals surface area contributed by atoms with Crippen LogP contribution in [0, 0.1) is 0 Å². The molecular weight excluding hydrogens is 454 g/mol. The zero-order valence-corrected chi connectivity index (χ0v) is 16.1. The number of rotatable bonds is 2. The van der Waals surface area contributed by atoms with E-state index < -0.39 is 0 Å². The van der Waals surface area contributed by atoms with Crippen LogP contribution >= 0.6 is 43.2 Å². The van der Waals surface area contributed by atoms with Gasteiger partial charge < -0.3 is 4.42 Å². The molecule has 0 N–H and O–H groups in total. The molecular formula is C18H9Br2NO2S. The fraction of sp³-hybridized carbons (Fsp3) is 0. The Morgan fingerprint density at radius 3 is 2.50 bits per heavy atom. The van der Waals surface area contributed by atoms with E-state index in [-0.39, 0.29) is 5.63 Å². The molecule has 4 rings (SSSR count). The molecule has 0 radical (unpaired) electrons. The summed E-state index contributed by atoms with van der Waals surface area (Å²) in [5, 5.41) is 3.46. The van der Waals surface area contributed by atoms with Crippen LogP contribution in [0.2, 0.25) is 0 Å². The van der Waals surface area contributed by atoms with Gasteiger partial charge in [-0.15, -0.1) is 11.3 Å². The van der Waals surface area contributed by atoms with Gasteiger partial charge in [-0.25, -0.2) is 9.78 Å². The first-order valence-electron chi connectivity index (χ1n) is 7.05. The smallest absolute Gasteiger partial charge is 0.346 e. The molecule has 118 valence electrons. The van der Waals surface area contributed by atoms with Crippen molar-refractivity contribution >= 4 is 54.2 Å². The average Bonchev–Trinajstić information content (AvgIpc) is 3.05. The third kappa shape index (κ3) is 2.97. The highest BCUT2D eigenvalue weighted by Crippen LogP contribution is 2.30. The topological polar surface area (TPSA) is 43.1 Å². The molecule has 24 heavy (non-hydrogen) atoms. The van der Waals surface area contributed by atoms with E-state index in [9.17, 15) is 4.79 Å². The lowest BCUT2D eigenvalue weighted by Crippen LogP contribution is -2.02. The van der Waals surface area contributed by atoms with Crippen molar-refractivity contribution in [3.63, 3.8) is 0 Å². The number of hydrogen-bond donors (Lipinski definition) is 0. The van der Waals surface area contributed by atoms with Crippen molar-refractivity contribution in [2.24, 2.45) is 0 Å². The van der Waals surface area contributed by atoms with Crippen LogP contribution in [0.15, 0.2) is 72.1 Å². The molecule has 0 fully saturated rings. The summed E-state index contributed by atoms with van der Waals surface area (Å²) in [6.07, 6.45) is 0. The number of thiazole rings is 1. The van der Waals surface area contributed by atoms with Crippen LogP contribution in [0.5, 0.6) is 0 Å². The van der Waals surface area contributed by atoms with Crippen molar-refractivity contribution in [3.8, 4) is 21.8 Å². The molecule has 0 spiro atoms. The predicted octanol–water partition coefficient (Wildman–Crippen LogP) is 6.11. The number of aromatic nitrogens is 1. The molecule has 0 unspecified atom stereocenters. The second-order valence-corrected chi connectivity index (χ2v) is 7.86. The summed E-state index contributed by atoms with van der Waals surface area (Å²) >= 11 is 8.29. The second kappa shape index (κ2) is 6.27. The summed E-state index contributed by atoms with van der Waals surface area (Å²) in [7, 11) is 0. The molecule has 0 amide bonds.